The van der Waals surface area contributed by atoms with E-state index in [-0.39, 0.29) is 12.5 Å². The Hall–Kier alpha value is -1.36. The lowest BCUT2D eigenvalue weighted by atomic mass is 9.97. The molecule has 1 aromatic rings. The van der Waals surface area contributed by atoms with Crippen molar-refractivity contribution >= 4 is 5.91 Å². The van der Waals surface area contributed by atoms with E-state index in [0.29, 0.717) is 23.9 Å². The third-order valence-electron chi connectivity index (χ3n) is 4.06. The van der Waals surface area contributed by atoms with Gasteiger partial charge in [-0.1, -0.05) is 6.42 Å². The predicted molar refractivity (Wildman–Crippen MR) is 68.2 cm³/mol. The van der Waals surface area contributed by atoms with Crippen molar-refractivity contribution in [2.24, 2.45) is 18.9 Å². The van der Waals surface area contributed by atoms with Gasteiger partial charge in [-0.05, 0) is 31.6 Å². The Bertz CT molecular complexity index is 428. The summed E-state index contributed by atoms with van der Waals surface area (Å²) >= 11 is 0. The lowest BCUT2D eigenvalue weighted by Gasteiger charge is -2.17. The van der Waals surface area contributed by atoms with E-state index in [4.69, 9.17) is 0 Å². The molecular formula is C13H21N3O2. The first kappa shape index (κ1) is 13.1. The molecule has 0 aliphatic heterocycles. The first-order chi connectivity index (χ1) is 8.63. The second-order valence-corrected chi connectivity index (χ2v) is 5.11. The number of aromatic nitrogens is 2. The fraction of sp³-hybridized carbons (Fsp3) is 0.692. The zero-order valence-corrected chi connectivity index (χ0v) is 11.0. The van der Waals surface area contributed by atoms with Gasteiger partial charge in [0.05, 0.1) is 11.8 Å². The average molecular weight is 251 g/mol. The van der Waals surface area contributed by atoms with E-state index in [1.807, 2.05) is 14.0 Å². The molecule has 1 fully saturated rings. The van der Waals surface area contributed by atoms with E-state index < -0.39 is 0 Å². The first-order valence-electron chi connectivity index (χ1n) is 6.51. The highest BCUT2D eigenvalue weighted by molar-refractivity contribution is 5.95. The molecule has 0 spiro atoms. The third-order valence-corrected chi connectivity index (χ3v) is 4.06. The van der Waals surface area contributed by atoms with E-state index in [1.54, 1.807) is 10.9 Å². The molecular weight excluding hydrogens is 230 g/mol. The van der Waals surface area contributed by atoms with E-state index in [9.17, 15) is 9.90 Å². The van der Waals surface area contributed by atoms with Gasteiger partial charge in [0.2, 0.25) is 0 Å². The summed E-state index contributed by atoms with van der Waals surface area (Å²) in [6.45, 7) is 2.76. The number of carbonyl (C=O) groups excluding carboxylic acids is 1. The van der Waals surface area contributed by atoms with Crippen LogP contribution in [0.1, 0.15) is 35.3 Å². The Labute approximate surface area is 107 Å². The number of amides is 1. The van der Waals surface area contributed by atoms with Crippen molar-refractivity contribution in [2.75, 3.05) is 13.2 Å². The molecule has 0 radical (unpaired) electrons. The molecule has 0 saturated heterocycles. The molecule has 1 aliphatic carbocycles. The van der Waals surface area contributed by atoms with E-state index in [2.05, 4.69) is 10.4 Å². The van der Waals surface area contributed by atoms with Gasteiger partial charge in [-0.2, -0.15) is 5.10 Å². The van der Waals surface area contributed by atoms with Gasteiger partial charge in [-0.25, -0.2) is 0 Å². The molecule has 18 heavy (non-hydrogen) atoms. The first-order valence-corrected chi connectivity index (χ1v) is 6.51. The smallest absolute Gasteiger partial charge is 0.254 e. The van der Waals surface area contributed by atoms with Crippen LogP contribution in [0.25, 0.3) is 0 Å². The fourth-order valence-corrected chi connectivity index (χ4v) is 2.66. The highest BCUT2D eigenvalue weighted by Crippen LogP contribution is 2.30. The Morgan fingerprint density at radius 2 is 2.28 bits per heavy atom. The maximum Gasteiger partial charge on any atom is 0.254 e. The van der Waals surface area contributed by atoms with Crippen LogP contribution in [0, 0.1) is 18.8 Å². The van der Waals surface area contributed by atoms with Crippen molar-refractivity contribution < 1.29 is 9.90 Å². The number of aliphatic hydroxyl groups is 1. The standard InChI is InChI=1S/C13H21N3O2/c1-9-12(7-15-16(9)2)13(18)14-6-10-4-3-5-11(10)8-17/h7,10-11,17H,3-6,8H2,1-2H3,(H,14,18). The maximum atomic E-state index is 12.0. The summed E-state index contributed by atoms with van der Waals surface area (Å²) in [7, 11) is 1.82. The van der Waals surface area contributed by atoms with Gasteiger partial charge in [0.25, 0.3) is 5.91 Å². The van der Waals surface area contributed by atoms with Gasteiger partial charge >= 0.3 is 0 Å². The second kappa shape index (κ2) is 5.52. The highest BCUT2D eigenvalue weighted by Gasteiger charge is 2.27. The van der Waals surface area contributed by atoms with E-state index >= 15 is 0 Å². The summed E-state index contributed by atoms with van der Waals surface area (Å²) in [4.78, 5) is 12.0. The quantitative estimate of drug-likeness (QED) is 0.834. The lowest BCUT2D eigenvalue weighted by molar-refractivity contribution is 0.0937. The number of nitrogens with zero attached hydrogens (tertiary/aromatic N) is 2. The lowest BCUT2D eigenvalue weighted by Crippen LogP contribution is -2.31. The van der Waals surface area contributed by atoms with E-state index in [0.717, 1.165) is 25.0 Å². The zero-order chi connectivity index (χ0) is 13.1. The summed E-state index contributed by atoms with van der Waals surface area (Å²) in [6.07, 6.45) is 4.92. The SMILES string of the molecule is Cc1c(C(=O)NCC2CCCC2CO)cnn1C. The topological polar surface area (TPSA) is 67.2 Å². The van der Waals surface area contributed by atoms with Crippen molar-refractivity contribution in [3.63, 3.8) is 0 Å². The summed E-state index contributed by atoms with van der Waals surface area (Å²) in [5.74, 6) is 0.695. The van der Waals surface area contributed by atoms with E-state index in [1.165, 1.54) is 0 Å². The van der Waals surface area contributed by atoms with Gasteiger partial charge in [0.1, 0.15) is 0 Å². The van der Waals surface area contributed by atoms with Gasteiger partial charge in [0.15, 0.2) is 0 Å². The highest BCUT2D eigenvalue weighted by atomic mass is 16.3. The second-order valence-electron chi connectivity index (χ2n) is 5.11. The molecule has 1 saturated carbocycles. The molecule has 2 atom stereocenters. The van der Waals surface area contributed by atoms with Crippen LogP contribution in [-0.4, -0.2) is 33.9 Å². The molecule has 2 rings (SSSR count). The summed E-state index contributed by atoms with van der Waals surface area (Å²) in [5, 5.41) is 16.3. The average Bonchev–Trinajstić information content (AvgIpc) is 2.94. The predicted octanol–water partition coefficient (Wildman–Crippen LogP) is 0.867. The molecule has 2 unspecified atom stereocenters. The van der Waals surface area contributed by atoms with Crippen LogP contribution >= 0.6 is 0 Å². The minimum atomic E-state index is -0.0656. The molecule has 2 N–H and O–H groups in total. The normalized spacial score (nSPS) is 23.3. The van der Waals surface area contributed by atoms with Crippen molar-refractivity contribution in [2.45, 2.75) is 26.2 Å². The fourth-order valence-electron chi connectivity index (χ4n) is 2.66. The van der Waals surface area contributed by atoms with Crippen LogP contribution in [0.15, 0.2) is 6.20 Å². The van der Waals surface area contributed by atoms with Gasteiger partial charge in [-0.3, -0.25) is 9.48 Å². The van der Waals surface area contributed by atoms with Crippen LogP contribution in [0.5, 0.6) is 0 Å². The third kappa shape index (κ3) is 2.56. The number of hydrogen-bond acceptors (Lipinski definition) is 3. The number of aliphatic hydroxyl groups excluding tert-OH is 1. The Balaban J connectivity index is 1.90. The van der Waals surface area contributed by atoms with Crippen molar-refractivity contribution in [3.8, 4) is 0 Å². The summed E-state index contributed by atoms with van der Waals surface area (Å²) in [6, 6.07) is 0. The molecule has 100 valence electrons. The van der Waals surface area contributed by atoms with Crippen LogP contribution in [-0.2, 0) is 7.05 Å². The molecule has 1 heterocycles. The zero-order valence-electron chi connectivity index (χ0n) is 11.0. The van der Waals surface area contributed by atoms with Crippen molar-refractivity contribution in [1.82, 2.24) is 15.1 Å². The Morgan fingerprint density at radius 1 is 1.56 bits per heavy atom. The maximum absolute atomic E-state index is 12.0. The Morgan fingerprint density at radius 3 is 2.89 bits per heavy atom. The number of carbonyl (C=O) groups is 1. The number of rotatable bonds is 4. The number of nitrogens with one attached hydrogen (secondary N) is 1. The Kier molecular flexibility index (Phi) is 4.01. The molecule has 0 aromatic carbocycles. The van der Waals surface area contributed by atoms with Gasteiger partial charge < -0.3 is 10.4 Å². The van der Waals surface area contributed by atoms with Gasteiger partial charge in [-0.15, -0.1) is 0 Å². The largest absolute Gasteiger partial charge is 0.396 e. The minimum absolute atomic E-state index is 0.0656. The van der Waals surface area contributed by atoms with Crippen molar-refractivity contribution in [1.29, 1.82) is 0 Å². The molecule has 5 heteroatoms. The number of hydrogen-bond donors (Lipinski definition) is 2. The van der Waals surface area contributed by atoms with Gasteiger partial charge in [0, 0.05) is 25.9 Å². The molecule has 1 aromatic heterocycles. The molecule has 0 bridgehead atoms. The summed E-state index contributed by atoms with van der Waals surface area (Å²) < 4.78 is 1.70. The van der Waals surface area contributed by atoms with Crippen LogP contribution in [0.4, 0.5) is 0 Å². The molecule has 1 aliphatic rings. The van der Waals surface area contributed by atoms with Crippen molar-refractivity contribution in [3.05, 3.63) is 17.5 Å². The number of aryl methyl sites for hydroxylation is 1. The van der Waals surface area contributed by atoms with Crippen LogP contribution in [0.3, 0.4) is 0 Å². The minimum Gasteiger partial charge on any atom is -0.396 e. The monoisotopic (exact) mass is 251 g/mol. The summed E-state index contributed by atoms with van der Waals surface area (Å²) in [5.41, 5.74) is 1.51. The van der Waals surface area contributed by atoms with Crippen LogP contribution in [0.2, 0.25) is 0 Å². The molecule has 5 nitrogen and oxygen atoms in total. The van der Waals surface area contributed by atoms with Crippen LogP contribution < -0.4 is 5.32 Å². The molecule has 1 amide bonds.